The molecular formula is C10H16N4O2. The quantitative estimate of drug-likeness (QED) is 0.770. The van der Waals surface area contributed by atoms with Crippen LogP contribution in [0.1, 0.15) is 43.6 Å². The van der Waals surface area contributed by atoms with Crippen molar-refractivity contribution in [3.63, 3.8) is 0 Å². The Balaban J connectivity index is 2.23. The minimum Gasteiger partial charge on any atom is -0.379 e. The van der Waals surface area contributed by atoms with Crippen LogP contribution >= 0.6 is 0 Å². The van der Waals surface area contributed by atoms with Gasteiger partial charge in [0.1, 0.15) is 0 Å². The first kappa shape index (κ1) is 10.9. The van der Waals surface area contributed by atoms with E-state index in [1.54, 1.807) is 0 Å². The van der Waals surface area contributed by atoms with E-state index in [1.807, 2.05) is 18.7 Å². The zero-order valence-electron chi connectivity index (χ0n) is 9.51. The highest BCUT2D eigenvalue weighted by atomic mass is 16.6. The predicted molar refractivity (Wildman–Crippen MR) is 57.7 cm³/mol. The molecule has 1 aliphatic heterocycles. The molecule has 1 aromatic rings. The van der Waals surface area contributed by atoms with Crippen LogP contribution in [0, 0.1) is 0 Å². The van der Waals surface area contributed by atoms with E-state index < -0.39 is 0 Å². The second-order valence-corrected chi connectivity index (χ2v) is 4.34. The highest BCUT2D eigenvalue weighted by molar-refractivity contribution is 5.96. The maximum absolute atomic E-state index is 12.2. The van der Waals surface area contributed by atoms with Crippen molar-refractivity contribution in [3.8, 4) is 0 Å². The van der Waals surface area contributed by atoms with E-state index in [9.17, 15) is 4.79 Å². The molecule has 6 nitrogen and oxygen atoms in total. The molecule has 16 heavy (non-hydrogen) atoms. The third-order valence-corrected chi connectivity index (χ3v) is 3.14. The van der Waals surface area contributed by atoms with Crippen molar-refractivity contribution in [1.29, 1.82) is 0 Å². The van der Waals surface area contributed by atoms with Crippen LogP contribution in [-0.2, 0) is 0 Å². The molecule has 1 fully saturated rings. The Morgan fingerprint density at radius 2 is 2.00 bits per heavy atom. The van der Waals surface area contributed by atoms with E-state index in [0.717, 1.165) is 19.3 Å². The van der Waals surface area contributed by atoms with Crippen LogP contribution in [0.2, 0.25) is 0 Å². The van der Waals surface area contributed by atoms with Gasteiger partial charge in [-0.2, -0.15) is 0 Å². The standard InChI is InChI=1S/C10H16N4O2/c1-6-4-3-5-7(2)14(6)10(15)8-9(11)13-16-12-8/h6-7H,3-5H2,1-2H3,(H2,11,13)/t6-,7+. The maximum Gasteiger partial charge on any atom is 0.280 e. The summed E-state index contributed by atoms with van der Waals surface area (Å²) in [6.45, 7) is 4.08. The summed E-state index contributed by atoms with van der Waals surface area (Å²) in [7, 11) is 0. The van der Waals surface area contributed by atoms with Gasteiger partial charge in [-0.3, -0.25) is 4.79 Å². The van der Waals surface area contributed by atoms with Crippen molar-refractivity contribution in [2.45, 2.75) is 45.2 Å². The lowest BCUT2D eigenvalue weighted by molar-refractivity contribution is 0.0500. The summed E-state index contributed by atoms with van der Waals surface area (Å²) in [4.78, 5) is 14.0. The first-order chi connectivity index (χ1) is 7.61. The number of carbonyl (C=O) groups is 1. The summed E-state index contributed by atoms with van der Waals surface area (Å²) in [6, 6.07) is 0.430. The fourth-order valence-electron chi connectivity index (χ4n) is 2.29. The van der Waals surface area contributed by atoms with Gasteiger partial charge in [-0.1, -0.05) is 0 Å². The fourth-order valence-corrected chi connectivity index (χ4v) is 2.29. The van der Waals surface area contributed by atoms with Crippen LogP contribution in [-0.4, -0.2) is 33.2 Å². The SMILES string of the molecule is C[C@@H]1CCC[C@H](C)N1C(=O)c1nonc1N. The molecular weight excluding hydrogens is 208 g/mol. The Hall–Kier alpha value is -1.59. The smallest absolute Gasteiger partial charge is 0.280 e. The molecule has 1 amide bonds. The molecule has 0 aromatic carbocycles. The van der Waals surface area contributed by atoms with Crippen LogP contribution in [0.25, 0.3) is 0 Å². The molecule has 88 valence electrons. The van der Waals surface area contributed by atoms with Crippen molar-refractivity contribution in [3.05, 3.63) is 5.69 Å². The Bertz CT molecular complexity index is 380. The highest BCUT2D eigenvalue weighted by Gasteiger charge is 2.32. The number of rotatable bonds is 1. The molecule has 1 saturated heterocycles. The van der Waals surface area contributed by atoms with E-state index in [4.69, 9.17) is 5.73 Å². The summed E-state index contributed by atoms with van der Waals surface area (Å²) in [6.07, 6.45) is 3.18. The van der Waals surface area contributed by atoms with E-state index >= 15 is 0 Å². The van der Waals surface area contributed by atoms with E-state index in [0.29, 0.717) is 0 Å². The van der Waals surface area contributed by atoms with Gasteiger partial charge in [-0.25, -0.2) is 4.63 Å². The molecule has 1 aromatic heterocycles. The monoisotopic (exact) mass is 224 g/mol. The average molecular weight is 224 g/mol. The van der Waals surface area contributed by atoms with Crippen molar-refractivity contribution in [2.24, 2.45) is 0 Å². The van der Waals surface area contributed by atoms with E-state index in [-0.39, 0.29) is 29.5 Å². The number of hydrogen-bond donors (Lipinski definition) is 1. The number of anilines is 1. The largest absolute Gasteiger partial charge is 0.379 e. The molecule has 0 aliphatic carbocycles. The van der Waals surface area contributed by atoms with Gasteiger partial charge in [0.25, 0.3) is 5.91 Å². The molecule has 0 radical (unpaired) electrons. The average Bonchev–Trinajstić information content (AvgIpc) is 2.64. The molecule has 2 rings (SSSR count). The zero-order chi connectivity index (χ0) is 11.7. The lowest BCUT2D eigenvalue weighted by Gasteiger charge is -2.38. The summed E-state index contributed by atoms with van der Waals surface area (Å²) in [5.41, 5.74) is 5.65. The molecule has 0 bridgehead atoms. The van der Waals surface area contributed by atoms with Crippen LogP contribution in [0.3, 0.4) is 0 Å². The van der Waals surface area contributed by atoms with Gasteiger partial charge in [0.05, 0.1) is 0 Å². The number of carbonyl (C=O) groups excluding carboxylic acids is 1. The van der Waals surface area contributed by atoms with Crippen molar-refractivity contribution >= 4 is 11.7 Å². The van der Waals surface area contributed by atoms with Gasteiger partial charge < -0.3 is 10.6 Å². The van der Waals surface area contributed by atoms with Crippen LogP contribution in [0.5, 0.6) is 0 Å². The van der Waals surface area contributed by atoms with E-state index in [1.165, 1.54) is 0 Å². The predicted octanol–water partition coefficient (Wildman–Crippen LogP) is 1.05. The topological polar surface area (TPSA) is 85.2 Å². The number of piperidine rings is 1. The molecule has 2 heterocycles. The number of nitrogen functional groups attached to an aromatic ring is 1. The Labute approximate surface area is 93.7 Å². The number of likely N-dealkylation sites (tertiary alicyclic amines) is 1. The minimum absolute atomic E-state index is 0.0648. The molecule has 0 unspecified atom stereocenters. The molecule has 2 atom stereocenters. The molecule has 2 N–H and O–H groups in total. The summed E-state index contributed by atoms with van der Waals surface area (Å²) in [5, 5.41) is 6.98. The number of hydrogen-bond acceptors (Lipinski definition) is 5. The van der Waals surface area contributed by atoms with Crippen molar-refractivity contribution in [1.82, 2.24) is 15.2 Å². The normalized spacial score (nSPS) is 25.8. The Morgan fingerprint density at radius 1 is 1.38 bits per heavy atom. The van der Waals surface area contributed by atoms with Gasteiger partial charge in [0, 0.05) is 12.1 Å². The maximum atomic E-state index is 12.2. The summed E-state index contributed by atoms with van der Waals surface area (Å²) >= 11 is 0. The van der Waals surface area contributed by atoms with Crippen molar-refractivity contribution in [2.75, 3.05) is 5.73 Å². The first-order valence-electron chi connectivity index (χ1n) is 5.52. The van der Waals surface area contributed by atoms with Gasteiger partial charge in [-0.05, 0) is 43.4 Å². The van der Waals surface area contributed by atoms with Crippen LogP contribution < -0.4 is 5.73 Å². The Morgan fingerprint density at radius 3 is 2.50 bits per heavy atom. The van der Waals surface area contributed by atoms with Gasteiger partial charge in [0.2, 0.25) is 11.5 Å². The second kappa shape index (κ2) is 4.11. The minimum atomic E-state index is -0.182. The number of aromatic nitrogens is 2. The molecule has 6 heteroatoms. The number of nitrogens with zero attached hydrogens (tertiary/aromatic N) is 3. The van der Waals surface area contributed by atoms with Crippen molar-refractivity contribution < 1.29 is 9.42 Å². The molecule has 0 saturated carbocycles. The number of nitrogens with two attached hydrogens (primary N) is 1. The van der Waals surface area contributed by atoms with Gasteiger partial charge in [0.15, 0.2) is 0 Å². The third-order valence-electron chi connectivity index (χ3n) is 3.14. The van der Waals surface area contributed by atoms with Gasteiger partial charge in [-0.15, -0.1) is 0 Å². The first-order valence-corrected chi connectivity index (χ1v) is 5.52. The number of amides is 1. The second-order valence-electron chi connectivity index (χ2n) is 4.34. The molecule has 1 aliphatic rings. The fraction of sp³-hybridized carbons (Fsp3) is 0.700. The van der Waals surface area contributed by atoms with Crippen LogP contribution in [0.4, 0.5) is 5.82 Å². The van der Waals surface area contributed by atoms with Crippen LogP contribution in [0.15, 0.2) is 4.63 Å². The molecule has 0 spiro atoms. The van der Waals surface area contributed by atoms with Gasteiger partial charge >= 0.3 is 0 Å². The summed E-state index contributed by atoms with van der Waals surface area (Å²) < 4.78 is 4.46. The lowest BCUT2D eigenvalue weighted by Crippen LogP contribution is -2.47. The highest BCUT2D eigenvalue weighted by Crippen LogP contribution is 2.25. The third kappa shape index (κ3) is 1.75. The van der Waals surface area contributed by atoms with E-state index in [2.05, 4.69) is 14.9 Å². The zero-order valence-corrected chi connectivity index (χ0v) is 9.51. The lowest BCUT2D eigenvalue weighted by atomic mass is 9.97. The summed E-state index contributed by atoms with van der Waals surface area (Å²) in [5.74, 6) is -0.117. The Kier molecular flexibility index (Phi) is 2.80.